The Morgan fingerprint density at radius 2 is 2.00 bits per heavy atom. The number of aldehydes is 1. The summed E-state index contributed by atoms with van der Waals surface area (Å²) in [5.74, 6) is -0.393. The van der Waals surface area contributed by atoms with Gasteiger partial charge in [0.2, 0.25) is 0 Å². The van der Waals surface area contributed by atoms with Crippen LogP contribution in [0, 0.1) is 12.7 Å². The van der Waals surface area contributed by atoms with Gasteiger partial charge in [0.15, 0.2) is 0 Å². The highest BCUT2D eigenvalue weighted by molar-refractivity contribution is 5.77. The van der Waals surface area contributed by atoms with Gasteiger partial charge in [-0.15, -0.1) is 0 Å². The zero-order chi connectivity index (χ0) is 13.8. The molecule has 98 valence electrons. The highest BCUT2D eigenvalue weighted by Gasteiger charge is 2.06. The Bertz CT molecular complexity index is 595. The largest absolute Gasteiger partial charge is 0.370 e. The minimum Gasteiger partial charge on any atom is -0.370 e. The summed E-state index contributed by atoms with van der Waals surface area (Å²) in [6.45, 7) is 2.71. The van der Waals surface area contributed by atoms with Crippen LogP contribution in [-0.2, 0) is 6.54 Å². The van der Waals surface area contributed by atoms with Gasteiger partial charge in [0.05, 0.1) is 0 Å². The predicted molar refractivity (Wildman–Crippen MR) is 75.1 cm³/mol. The van der Waals surface area contributed by atoms with E-state index < -0.39 is 5.82 Å². The highest BCUT2D eigenvalue weighted by atomic mass is 19.1. The first kappa shape index (κ1) is 13.3. The molecule has 3 heteroatoms. The molecule has 0 unspecified atom stereocenters. The molecule has 0 spiro atoms. The second kappa shape index (κ2) is 5.65. The molecule has 0 aliphatic rings. The van der Waals surface area contributed by atoms with Crippen LogP contribution in [-0.4, -0.2) is 13.3 Å². The second-order valence-electron chi connectivity index (χ2n) is 4.71. The van der Waals surface area contributed by atoms with Gasteiger partial charge in [-0.1, -0.05) is 29.8 Å². The molecule has 0 radical (unpaired) electrons. The maximum absolute atomic E-state index is 13.4. The normalized spacial score (nSPS) is 10.3. The number of anilines is 1. The quantitative estimate of drug-likeness (QED) is 0.780. The molecule has 0 aliphatic carbocycles. The first-order valence-corrected chi connectivity index (χ1v) is 6.11. The Balaban J connectivity index is 2.22. The molecule has 0 bridgehead atoms. The number of nitrogens with zero attached hydrogens (tertiary/aromatic N) is 1. The van der Waals surface area contributed by atoms with Crippen LogP contribution < -0.4 is 4.90 Å². The lowest BCUT2D eigenvalue weighted by molar-refractivity contribution is 0.112. The lowest BCUT2D eigenvalue weighted by atomic mass is 10.1. The van der Waals surface area contributed by atoms with E-state index >= 15 is 0 Å². The number of carbonyl (C=O) groups is 1. The fraction of sp³-hybridized carbons (Fsp3) is 0.188. The Hall–Kier alpha value is -2.16. The van der Waals surface area contributed by atoms with Gasteiger partial charge in [0.1, 0.15) is 12.1 Å². The van der Waals surface area contributed by atoms with E-state index in [0.717, 1.165) is 5.56 Å². The van der Waals surface area contributed by atoms with E-state index in [1.807, 2.05) is 37.1 Å². The maximum Gasteiger partial charge on any atom is 0.150 e. The predicted octanol–water partition coefficient (Wildman–Crippen LogP) is 3.58. The Labute approximate surface area is 112 Å². The number of benzene rings is 2. The third kappa shape index (κ3) is 3.41. The van der Waals surface area contributed by atoms with Crippen molar-refractivity contribution in [1.82, 2.24) is 0 Å². The molecule has 0 aromatic heterocycles. The SMILES string of the molecule is Cc1cccc(CN(C)c2cc(F)cc(C=O)c2)c1. The Morgan fingerprint density at radius 1 is 1.21 bits per heavy atom. The number of hydrogen-bond acceptors (Lipinski definition) is 2. The van der Waals surface area contributed by atoms with Crippen LogP contribution >= 0.6 is 0 Å². The van der Waals surface area contributed by atoms with Crippen molar-refractivity contribution >= 4 is 12.0 Å². The molecular formula is C16H16FNO. The van der Waals surface area contributed by atoms with Gasteiger partial charge < -0.3 is 4.90 Å². The molecule has 2 rings (SSSR count). The van der Waals surface area contributed by atoms with Crippen molar-refractivity contribution in [3.05, 3.63) is 65.0 Å². The Kier molecular flexibility index (Phi) is 3.95. The van der Waals surface area contributed by atoms with E-state index in [-0.39, 0.29) is 0 Å². The molecule has 0 N–H and O–H groups in total. The van der Waals surface area contributed by atoms with E-state index in [1.54, 1.807) is 6.07 Å². The van der Waals surface area contributed by atoms with E-state index in [9.17, 15) is 9.18 Å². The molecule has 0 atom stereocenters. The molecule has 0 heterocycles. The number of rotatable bonds is 4. The summed E-state index contributed by atoms with van der Waals surface area (Å²) in [4.78, 5) is 12.7. The first-order chi connectivity index (χ1) is 9.08. The van der Waals surface area contributed by atoms with Crippen molar-refractivity contribution in [2.24, 2.45) is 0 Å². The summed E-state index contributed by atoms with van der Waals surface area (Å²) in [7, 11) is 1.88. The van der Waals surface area contributed by atoms with Crippen LogP contribution in [0.25, 0.3) is 0 Å². The third-order valence-corrected chi connectivity index (χ3v) is 2.98. The lowest BCUT2D eigenvalue weighted by Gasteiger charge is -2.20. The summed E-state index contributed by atoms with van der Waals surface area (Å²) in [5.41, 5.74) is 3.40. The molecule has 2 aromatic carbocycles. The fourth-order valence-electron chi connectivity index (χ4n) is 2.06. The van der Waals surface area contributed by atoms with Crippen molar-refractivity contribution in [1.29, 1.82) is 0 Å². The maximum atomic E-state index is 13.4. The van der Waals surface area contributed by atoms with E-state index in [0.29, 0.717) is 24.1 Å². The fourth-order valence-corrected chi connectivity index (χ4v) is 2.06. The van der Waals surface area contributed by atoms with Crippen molar-refractivity contribution in [3.63, 3.8) is 0 Å². The van der Waals surface area contributed by atoms with Gasteiger partial charge >= 0.3 is 0 Å². The summed E-state index contributed by atoms with van der Waals surface area (Å²) in [6, 6.07) is 12.5. The minimum absolute atomic E-state index is 0.353. The van der Waals surface area contributed by atoms with Crippen LogP contribution in [0.1, 0.15) is 21.5 Å². The number of carbonyl (C=O) groups excluding carboxylic acids is 1. The highest BCUT2D eigenvalue weighted by Crippen LogP contribution is 2.19. The average Bonchev–Trinajstić information content (AvgIpc) is 2.38. The molecule has 0 aliphatic heterocycles. The molecule has 0 saturated carbocycles. The van der Waals surface area contributed by atoms with Crippen LogP contribution in [0.2, 0.25) is 0 Å². The van der Waals surface area contributed by atoms with Gasteiger partial charge in [-0.3, -0.25) is 4.79 Å². The van der Waals surface area contributed by atoms with Gasteiger partial charge in [0.25, 0.3) is 0 Å². The molecule has 2 nitrogen and oxygen atoms in total. The molecule has 0 saturated heterocycles. The molecule has 0 amide bonds. The molecule has 0 fully saturated rings. The molecular weight excluding hydrogens is 241 g/mol. The molecule has 2 aromatic rings. The van der Waals surface area contributed by atoms with Crippen LogP contribution in [0.3, 0.4) is 0 Å². The summed E-state index contributed by atoms with van der Waals surface area (Å²) >= 11 is 0. The van der Waals surface area contributed by atoms with Gasteiger partial charge in [-0.05, 0) is 30.7 Å². The van der Waals surface area contributed by atoms with Gasteiger partial charge in [0, 0.05) is 24.8 Å². The average molecular weight is 257 g/mol. The minimum atomic E-state index is -0.393. The first-order valence-electron chi connectivity index (χ1n) is 6.11. The van der Waals surface area contributed by atoms with Crippen molar-refractivity contribution < 1.29 is 9.18 Å². The monoisotopic (exact) mass is 257 g/mol. The van der Waals surface area contributed by atoms with Crippen LogP contribution in [0.15, 0.2) is 42.5 Å². The van der Waals surface area contributed by atoms with Crippen molar-refractivity contribution in [2.75, 3.05) is 11.9 Å². The van der Waals surface area contributed by atoms with Crippen LogP contribution in [0.5, 0.6) is 0 Å². The summed E-state index contributed by atoms with van der Waals surface area (Å²) < 4.78 is 13.4. The van der Waals surface area contributed by atoms with Crippen LogP contribution in [0.4, 0.5) is 10.1 Å². The lowest BCUT2D eigenvalue weighted by Crippen LogP contribution is -2.16. The number of hydrogen-bond donors (Lipinski definition) is 0. The Morgan fingerprint density at radius 3 is 2.68 bits per heavy atom. The number of halogens is 1. The van der Waals surface area contributed by atoms with E-state index in [4.69, 9.17) is 0 Å². The topological polar surface area (TPSA) is 20.3 Å². The molecule has 19 heavy (non-hydrogen) atoms. The van der Waals surface area contributed by atoms with Crippen molar-refractivity contribution in [2.45, 2.75) is 13.5 Å². The van der Waals surface area contributed by atoms with Gasteiger partial charge in [-0.2, -0.15) is 0 Å². The smallest absolute Gasteiger partial charge is 0.150 e. The third-order valence-electron chi connectivity index (χ3n) is 2.98. The van der Waals surface area contributed by atoms with Crippen molar-refractivity contribution in [3.8, 4) is 0 Å². The zero-order valence-corrected chi connectivity index (χ0v) is 11.1. The summed E-state index contributed by atoms with van der Waals surface area (Å²) in [5, 5.41) is 0. The standard InChI is InChI=1S/C16H16FNO/c1-12-4-3-5-13(6-12)10-18(2)16-8-14(11-19)7-15(17)9-16/h3-9,11H,10H2,1-2H3. The van der Waals surface area contributed by atoms with E-state index in [2.05, 4.69) is 6.07 Å². The number of aryl methyl sites for hydroxylation is 1. The summed E-state index contributed by atoms with van der Waals surface area (Å²) in [6.07, 6.45) is 0.660. The van der Waals surface area contributed by atoms with Gasteiger partial charge in [-0.25, -0.2) is 4.39 Å². The second-order valence-corrected chi connectivity index (χ2v) is 4.71. The van der Waals surface area contributed by atoms with E-state index in [1.165, 1.54) is 17.7 Å². The zero-order valence-electron chi connectivity index (χ0n) is 11.1.